The molecule has 0 amide bonds. The quantitative estimate of drug-likeness (QED) is 0.473. The van der Waals surface area contributed by atoms with Crippen LogP contribution in [-0.4, -0.2) is 5.78 Å². The molecule has 0 N–H and O–H groups in total. The van der Waals surface area contributed by atoms with Crippen molar-refractivity contribution < 1.29 is 4.79 Å². The molecular formula is C9H16O. The van der Waals surface area contributed by atoms with Crippen LogP contribution in [0.4, 0.5) is 0 Å². The summed E-state index contributed by atoms with van der Waals surface area (Å²) in [4.78, 5) is 10.7. The molecule has 10 heavy (non-hydrogen) atoms. The van der Waals surface area contributed by atoms with Crippen molar-refractivity contribution in [2.45, 2.75) is 34.1 Å². The van der Waals surface area contributed by atoms with Crippen LogP contribution in [0.15, 0.2) is 11.6 Å². The highest BCUT2D eigenvalue weighted by atomic mass is 16.1. The van der Waals surface area contributed by atoms with E-state index in [1.807, 2.05) is 33.8 Å². The number of Topliss-reactive ketones (excluding diaryl/α,β-unsaturated/α-hetero) is 1. The molecule has 0 aromatic heterocycles. The fraction of sp³-hybridized carbons (Fsp3) is 0.667. The first-order valence-corrected chi connectivity index (χ1v) is 3.91. The summed E-state index contributed by atoms with van der Waals surface area (Å²) in [5.74, 6) is 0.567. The monoisotopic (exact) mass is 140 g/mol. The highest BCUT2D eigenvalue weighted by Gasteiger charge is 2.18. The largest absolute Gasteiger partial charge is 0.299 e. The van der Waals surface area contributed by atoms with Crippen LogP contribution in [-0.2, 0) is 4.79 Å². The SMILES string of the molecule is CC.CC1=CCC(=O)[C@@H]1C. The van der Waals surface area contributed by atoms with Gasteiger partial charge in [0.1, 0.15) is 5.78 Å². The van der Waals surface area contributed by atoms with Gasteiger partial charge in [0.25, 0.3) is 0 Å². The van der Waals surface area contributed by atoms with Gasteiger partial charge in [0.2, 0.25) is 0 Å². The first-order valence-electron chi connectivity index (χ1n) is 3.91. The maximum absolute atomic E-state index is 10.7. The molecule has 0 spiro atoms. The van der Waals surface area contributed by atoms with Gasteiger partial charge >= 0.3 is 0 Å². The predicted molar refractivity (Wildman–Crippen MR) is 43.9 cm³/mol. The molecule has 0 radical (unpaired) electrons. The smallest absolute Gasteiger partial charge is 0.143 e. The van der Waals surface area contributed by atoms with Crippen LogP contribution >= 0.6 is 0 Å². The van der Waals surface area contributed by atoms with E-state index in [1.165, 1.54) is 5.57 Å². The van der Waals surface area contributed by atoms with E-state index >= 15 is 0 Å². The van der Waals surface area contributed by atoms with Gasteiger partial charge in [-0.1, -0.05) is 32.4 Å². The number of carbonyl (C=O) groups is 1. The molecular weight excluding hydrogens is 124 g/mol. The van der Waals surface area contributed by atoms with Crippen molar-refractivity contribution in [3.63, 3.8) is 0 Å². The lowest BCUT2D eigenvalue weighted by atomic mass is 10.1. The highest BCUT2D eigenvalue weighted by molar-refractivity contribution is 5.87. The summed E-state index contributed by atoms with van der Waals surface area (Å²) in [5, 5.41) is 0. The maximum Gasteiger partial charge on any atom is 0.143 e. The van der Waals surface area contributed by atoms with Gasteiger partial charge in [0, 0.05) is 12.3 Å². The summed E-state index contributed by atoms with van der Waals surface area (Å²) in [5.41, 5.74) is 1.23. The van der Waals surface area contributed by atoms with Crippen molar-refractivity contribution >= 4 is 5.78 Å². The molecule has 1 aliphatic carbocycles. The van der Waals surface area contributed by atoms with Crippen molar-refractivity contribution in [1.29, 1.82) is 0 Å². The Morgan fingerprint density at radius 2 is 2.00 bits per heavy atom. The summed E-state index contributed by atoms with van der Waals surface area (Å²) in [7, 11) is 0. The number of rotatable bonds is 0. The molecule has 0 heterocycles. The second kappa shape index (κ2) is 4.26. The molecule has 1 heteroatoms. The highest BCUT2D eigenvalue weighted by Crippen LogP contribution is 2.20. The molecule has 58 valence electrons. The van der Waals surface area contributed by atoms with E-state index < -0.39 is 0 Å². The van der Waals surface area contributed by atoms with Crippen LogP contribution in [0.2, 0.25) is 0 Å². The van der Waals surface area contributed by atoms with Crippen LogP contribution in [0.5, 0.6) is 0 Å². The van der Waals surface area contributed by atoms with E-state index in [0.29, 0.717) is 12.2 Å². The second-order valence-corrected chi connectivity index (χ2v) is 2.34. The molecule has 0 saturated carbocycles. The lowest BCUT2D eigenvalue weighted by molar-refractivity contribution is -0.119. The minimum atomic E-state index is 0.204. The van der Waals surface area contributed by atoms with E-state index in [2.05, 4.69) is 0 Å². The van der Waals surface area contributed by atoms with E-state index in [1.54, 1.807) is 0 Å². The summed E-state index contributed by atoms with van der Waals surface area (Å²) >= 11 is 0. The Bertz CT molecular complexity index is 145. The van der Waals surface area contributed by atoms with Crippen LogP contribution in [0.25, 0.3) is 0 Å². The van der Waals surface area contributed by atoms with Gasteiger partial charge in [-0.15, -0.1) is 0 Å². The van der Waals surface area contributed by atoms with E-state index in [0.717, 1.165) is 0 Å². The summed E-state index contributed by atoms with van der Waals surface area (Å²) in [6.07, 6.45) is 2.67. The minimum absolute atomic E-state index is 0.204. The molecule has 0 aromatic rings. The van der Waals surface area contributed by atoms with E-state index in [-0.39, 0.29) is 5.92 Å². The van der Waals surface area contributed by atoms with Crippen molar-refractivity contribution in [3.8, 4) is 0 Å². The molecule has 1 rings (SSSR count). The standard InChI is InChI=1S/C7H10O.C2H6/c1-5-3-4-7(8)6(5)2;1-2/h3,6H,4H2,1-2H3;1-2H3/t6-;/m1./s1. The number of allylic oxidation sites excluding steroid dienone is 2. The third-order valence-corrected chi connectivity index (χ3v) is 1.79. The van der Waals surface area contributed by atoms with Crippen molar-refractivity contribution in [2.75, 3.05) is 0 Å². The number of ketones is 1. The predicted octanol–water partition coefficient (Wildman–Crippen LogP) is 2.57. The minimum Gasteiger partial charge on any atom is -0.299 e. The summed E-state index contributed by atoms with van der Waals surface area (Å²) in [6, 6.07) is 0. The Kier molecular flexibility index (Phi) is 4.01. The van der Waals surface area contributed by atoms with E-state index in [4.69, 9.17) is 0 Å². The van der Waals surface area contributed by atoms with Crippen molar-refractivity contribution in [3.05, 3.63) is 11.6 Å². The summed E-state index contributed by atoms with van der Waals surface area (Å²) < 4.78 is 0. The fourth-order valence-corrected chi connectivity index (χ4v) is 0.869. The van der Waals surface area contributed by atoms with Crippen LogP contribution < -0.4 is 0 Å². The second-order valence-electron chi connectivity index (χ2n) is 2.34. The molecule has 1 nitrogen and oxygen atoms in total. The van der Waals surface area contributed by atoms with Crippen LogP contribution in [0, 0.1) is 5.92 Å². The zero-order chi connectivity index (χ0) is 8.15. The Labute approximate surface area is 63.1 Å². The van der Waals surface area contributed by atoms with Crippen molar-refractivity contribution in [2.24, 2.45) is 5.92 Å². The molecule has 0 aliphatic heterocycles. The lowest BCUT2D eigenvalue weighted by Gasteiger charge is -1.98. The van der Waals surface area contributed by atoms with Crippen molar-refractivity contribution in [1.82, 2.24) is 0 Å². The molecule has 1 atom stereocenters. The topological polar surface area (TPSA) is 17.1 Å². The van der Waals surface area contributed by atoms with Crippen LogP contribution in [0.3, 0.4) is 0 Å². The average Bonchev–Trinajstić information content (AvgIpc) is 2.25. The lowest BCUT2D eigenvalue weighted by Crippen LogP contribution is -2.02. The average molecular weight is 140 g/mol. The number of hydrogen-bond donors (Lipinski definition) is 0. The number of hydrogen-bond acceptors (Lipinski definition) is 1. The van der Waals surface area contributed by atoms with Gasteiger partial charge in [-0.25, -0.2) is 0 Å². The first kappa shape index (κ1) is 9.41. The third kappa shape index (κ3) is 1.98. The molecule has 0 fully saturated rings. The number of carbonyl (C=O) groups excluding carboxylic acids is 1. The normalized spacial score (nSPS) is 23.4. The van der Waals surface area contributed by atoms with Gasteiger partial charge in [0.05, 0.1) is 0 Å². The fourth-order valence-electron chi connectivity index (χ4n) is 0.869. The Morgan fingerprint density at radius 1 is 1.50 bits per heavy atom. The van der Waals surface area contributed by atoms with E-state index in [9.17, 15) is 4.79 Å². The molecule has 0 unspecified atom stereocenters. The molecule has 0 bridgehead atoms. The molecule has 1 aliphatic rings. The molecule has 0 saturated heterocycles. The zero-order valence-corrected chi connectivity index (χ0v) is 7.27. The van der Waals surface area contributed by atoms with Gasteiger partial charge in [0.15, 0.2) is 0 Å². The van der Waals surface area contributed by atoms with Crippen LogP contribution in [0.1, 0.15) is 34.1 Å². The Morgan fingerprint density at radius 3 is 2.10 bits per heavy atom. The Balaban J connectivity index is 0.000000371. The van der Waals surface area contributed by atoms with Gasteiger partial charge in [-0.2, -0.15) is 0 Å². The summed E-state index contributed by atoms with van der Waals surface area (Å²) in [6.45, 7) is 7.97. The maximum atomic E-state index is 10.7. The van der Waals surface area contributed by atoms with Gasteiger partial charge < -0.3 is 0 Å². The third-order valence-electron chi connectivity index (χ3n) is 1.79. The van der Waals surface area contributed by atoms with Gasteiger partial charge in [-0.05, 0) is 6.92 Å². The molecule has 0 aromatic carbocycles. The first-order chi connectivity index (χ1) is 4.72. The Hall–Kier alpha value is -0.590. The zero-order valence-electron chi connectivity index (χ0n) is 7.27. The van der Waals surface area contributed by atoms with Gasteiger partial charge in [-0.3, -0.25) is 4.79 Å².